The molecule has 2 saturated heterocycles. The van der Waals surface area contributed by atoms with E-state index in [1.165, 1.54) is 25.8 Å². The first-order valence-corrected chi connectivity index (χ1v) is 5.66. The van der Waals surface area contributed by atoms with Crippen LogP contribution in [-0.4, -0.2) is 25.3 Å². The van der Waals surface area contributed by atoms with Gasteiger partial charge in [0, 0.05) is 18.8 Å². The summed E-state index contributed by atoms with van der Waals surface area (Å²) in [6.45, 7) is 9.49. The smallest absolute Gasteiger partial charge is 0.0483 e. The molecule has 1 spiro atoms. The Hall–Kier alpha value is -0.0800. The summed E-state index contributed by atoms with van der Waals surface area (Å²) >= 11 is 0. The van der Waals surface area contributed by atoms with Gasteiger partial charge in [0.05, 0.1) is 0 Å². The lowest BCUT2D eigenvalue weighted by Crippen LogP contribution is -2.48. The van der Waals surface area contributed by atoms with Crippen molar-refractivity contribution in [3.05, 3.63) is 0 Å². The minimum absolute atomic E-state index is 0.457. The van der Waals surface area contributed by atoms with Gasteiger partial charge in [0.2, 0.25) is 0 Å². The molecule has 2 heterocycles. The van der Waals surface area contributed by atoms with Crippen molar-refractivity contribution in [2.24, 2.45) is 5.92 Å². The quantitative estimate of drug-likeness (QED) is 0.624. The van der Waals surface area contributed by atoms with Gasteiger partial charge in [-0.25, -0.2) is 0 Å². The van der Waals surface area contributed by atoms with E-state index in [1.54, 1.807) is 0 Å². The van der Waals surface area contributed by atoms with Crippen molar-refractivity contribution >= 4 is 0 Å². The first-order valence-electron chi connectivity index (χ1n) is 5.66. The molecule has 78 valence electrons. The summed E-state index contributed by atoms with van der Waals surface area (Å²) < 4.78 is 5.36. The van der Waals surface area contributed by atoms with E-state index in [1.807, 2.05) is 13.8 Å². The highest BCUT2D eigenvalue weighted by Crippen LogP contribution is 2.34. The molecule has 2 rings (SSSR count). The third-order valence-electron chi connectivity index (χ3n) is 3.38. The largest absolute Gasteiger partial charge is 0.381 e. The van der Waals surface area contributed by atoms with Crippen LogP contribution in [-0.2, 0) is 4.74 Å². The minimum atomic E-state index is 0.457. The normalized spacial score (nSPS) is 31.2. The molecule has 0 saturated carbocycles. The van der Waals surface area contributed by atoms with Crippen molar-refractivity contribution < 1.29 is 4.74 Å². The van der Waals surface area contributed by atoms with E-state index >= 15 is 0 Å². The van der Waals surface area contributed by atoms with Crippen LogP contribution in [0.3, 0.4) is 0 Å². The standard InChI is InChI=1S/C9H17NO.C2H6/c1-8-2-5-10-9(8)3-6-11-7-4-9;1-2/h8,10H,2-7H2,1H3;1-2H3. The number of rotatable bonds is 0. The van der Waals surface area contributed by atoms with Gasteiger partial charge in [-0.2, -0.15) is 0 Å². The summed E-state index contributed by atoms with van der Waals surface area (Å²) in [4.78, 5) is 0. The van der Waals surface area contributed by atoms with Gasteiger partial charge in [-0.05, 0) is 31.7 Å². The zero-order valence-corrected chi connectivity index (χ0v) is 9.23. The van der Waals surface area contributed by atoms with Gasteiger partial charge in [-0.15, -0.1) is 0 Å². The molecule has 0 radical (unpaired) electrons. The fourth-order valence-electron chi connectivity index (χ4n) is 2.39. The summed E-state index contributed by atoms with van der Waals surface area (Å²) in [5.74, 6) is 0.853. The third-order valence-corrected chi connectivity index (χ3v) is 3.38. The molecule has 0 aromatic carbocycles. The van der Waals surface area contributed by atoms with Crippen molar-refractivity contribution in [3.8, 4) is 0 Å². The van der Waals surface area contributed by atoms with Crippen molar-refractivity contribution in [3.63, 3.8) is 0 Å². The van der Waals surface area contributed by atoms with Gasteiger partial charge in [0.25, 0.3) is 0 Å². The first kappa shape index (κ1) is 11.0. The van der Waals surface area contributed by atoms with Gasteiger partial charge in [-0.3, -0.25) is 0 Å². The maximum Gasteiger partial charge on any atom is 0.0483 e. The Kier molecular flexibility index (Phi) is 4.20. The van der Waals surface area contributed by atoms with Crippen molar-refractivity contribution in [1.29, 1.82) is 0 Å². The number of nitrogens with one attached hydrogen (secondary N) is 1. The number of hydrogen-bond donors (Lipinski definition) is 1. The van der Waals surface area contributed by atoms with Crippen molar-refractivity contribution in [2.75, 3.05) is 19.8 Å². The van der Waals surface area contributed by atoms with Gasteiger partial charge in [0.1, 0.15) is 0 Å². The Morgan fingerprint density at radius 2 is 1.85 bits per heavy atom. The Balaban J connectivity index is 0.000000396. The summed E-state index contributed by atoms with van der Waals surface area (Å²) in [6.07, 6.45) is 3.78. The van der Waals surface area contributed by atoms with Crippen LogP contribution in [0.5, 0.6) is 0 Å². The van der Waals surface area contributed by atoms with Crippen LogP contribution in [0.4, 0.5) is 0 Å². The monoisotopic (exact) mass is 185 g/mol. The lowest BCUT2D eigenvalue weighted by Gasteiger charge is -2.37. The van der Waals surface area contributed by atoms with Crippen molar-refractivity contribution in [1.82, 2.24) is 5.32 Å². The second kappa shape index (κ2) is 4.97. The Morgan fingerprint density at radius 3 is 2.31 bits per heavy atom. The molecule has 2 nitrogen and oxygen atoms in total. The van der Waals surface area contributed by atoms with Crippen LogP contribution in [0.2, 0.25) is 0 Å². The molecule has 2 heteroatoms. The second-order valence-corrected chi connectivity index (χ2v) is 3.89. The van der Waals surface area contributed by atoms with Gasteiger partial charge < -0.3 is 10.1 Å². The highest BCUT2D eigenvalue weighted by molar-refractivity contribution is 4.98. The fourth-order valence-corrected chi connectivity index (χ4v) is 2.39. The third kappa shape index (κ3) is 2.23. The van der Waals surface area contributed by atoms with E-state index in [-0.39, 0.29) is 0 Å². The predicted octanol–water partition coefficient (Wildman–Crippen LogP) is 2.19. The van der Waals surface area contributed by atoms with Crippen LogP contribution in [0.25, 0.3) is 0 Å². The van der Waals surface area contributed by atoms with Crippen LogP contribution in [0.1, 0.15) is 40.0 Å². The van der Waals surface area contributed by atoms with Gasteiger partial charge in [-0.1, -0.05) is 20.8 Å². The van der Waals surface area contributed by atoms with E-state index in [4.69, 9.17) is 4.74 Å². The molecule has 0 aromatic rings. The van der Waals surface area contributed by atoms with E-state index in [9.17, 15) is 0 Å². The van der Waals surface area contributed by atoms with Crippen LogP contribution in [0.15, 0.2) is 0 Å². The molecular formula is C11H23NO. The second-order valence-electron chi connectivity index (χ2n) is 3.89. The number of hydrogen-bond acceptors (Lipinski definition) is 2. The fraction of sp³-hybridized carbons (Fsp3) is 1.00. The molecule has 0 bridgehead atoms. The van der Waals surface area contributed by atoms with E-state index in [0.717, 1.165) is 19.1 Å². The van der Waals surface area contributed by atoms with Gasteiger partial charge >= 0.3 is 0 Å². The molecule has 0 aromatic heterocycles. The molecule has 1 unspecified atom stereocenters. The highest BCUT2D eigenvalue weighted by Gasteiger charge is 2.40. The molecule has 2 aliphatic heterocycles. The van der Waals surface area contributed by atoms with E-state index in [2.05, 4.69) is 12.2 Å². The summed E-state index contributed by atoms with van der Waals surface area (Å²) in [6, 6.07) is 0. The van der Waals surface area contributed by atoms with Gasteiger partial charge in [0.15, 0.2) is 0 Å². The topological polar surface area (TPSA) is 21.3 Å². The molecule has 13 heavy (non-hydrogen) atoms. The summed E-state index contributed by atoms with van der Waals surface area (Å²) in [5.41, 5.74) is 0.457. The van der Waals surface area contributed by atoms with Crippen LogP contribution >= 0.6 is 0 Å². The Bertz CT molecular complexity index is 141. The average Bonchev–Trinajstić information content (AvgIpc) is 2.53. The lowest BCUT2D eigenvalue weighted by atomic mass is 9.80. The molecule has 0 amide bonds. The van der Waals surface area contributed by atoms with E-state index < -0.39 is 0 Å². The Morgan fingerprint density at radius 1 is 1.23 bits per heavy atom. The SMILES string of the molecule is CC.CC1CCNC12CCOCC2. The lowest BCUT2D eigenvalue weighted by molar-refractivity contribution is 0.0310. The zero-order valence-electron chi connectivity index (χ0n) is 9.23. The molecule has 0 aliphatic carbocycles. The number of ether oxygens (including phenoxy) is 1. The van der Waals surface area contributed by atoms with E-state index in [0.29, 0.717) is 5.54 Å². The van der Waals surface area contributed by atoms with Crippen molar-refractivity contribution in [2.45, 2.75) is 45.6 Å². The molecule has 1 atom stereocenters. The predicted molar refractivity (Wildman–Crippen MR) is 55.9 cm³/mol. The molecule has 2 fully saturated rings. The zero-order chi connectivity index (χ0) is 9.73. The summed E-state index contributed by atoms with van der Waals surface area (Å²) in [7, 11) is 0. The van der Waals surface area contributed by atoms with Crippen LogP contribution in [0, 0.1) is 5.92 Å². The highest BCUT2D eigenvalue weighted by atomic mass is 16.5. The molecule has 2 aliphatic rings. The molecular weight excluding hydrogens is 162 g/mol. The average molecular weight is 185 g/mol. The Labute approximate surface area is 82.0 Å². The molecule has 1 N–H and O–H groups in total. The van der Waals surface area contributed by atoms with Crippen LogP contribution < -0.4 is 5.32 Å². The first-order chi connectivity index (χ1) is 6.33. The maximum atomic E-state index is 5.36. The minimum Gasteiger partial charge on any atom is -0.381 e. The summed E-state index contributed by atoms with van der Waals surface area (Å²) in [5, 5.41) is 3.64. The maximum absolute atomic E-state index is 5.36.